The number of methoxy groups -OCH3 is 2. The van der Waals surface area contributed by atoms with E-state index in [0.717, 1.165) is 42.5 Å². The van der Waals surface area contributed by atoms with Gasteiger partial charge in [0.2, 0.25) is 0 Å². The summed E-state index contributed by atoms with van der Waals surface area (Å²) >= 11 is 0. The minimum absolute atomic E-state index is 0.622. The summed E-state index contributed by atoms with van der Waals surface area (Å²) in [5, 5.41) is 6.68. The topological polar surface area (TPSA) is 58.1 Å². The number of rotatable bonds is 9. The lowest BCUT2D eigenvalue weighted by molar-refractivity contribution is 0.390. The predicted molar refractivity (Wildman–Crippen MR) is 112 cm³/mol. The summed E-state index contributed by atoms with van der Waals surface area (Å²) in [7, 11) is 7.19. The second-order valence-electron chi connectivity index (χ2n) is 6.14. The van der Waals surface area contributed by atoms with Crippen LogP contribution in [0.5, 0.6) is 11.5 Å². The Kier molecular flexibility index (Phi) is 8.29. The Balaban J connectivity index is 1.76. The lowest BCUT2D eigenvalue weighted by Crippen LogP contribution is -2.38. The Labute approximate surface area is 162 Å². The number of benzene rings is 2. The zero-order valence-corrected chi connectivity index (χ0v) is 16.7. The lowest BCUT2D eigenvalue weighted by Gasteiger charge is -2.20. The molecule has 0 aromatic heterocycles. The van der Waals surface area contributed by atoms with Crippen LogP contribution in [0.4, 0.5) is 5.69 Å². The van der Waals surface area contributed by atoms with Crippen molar-refractivity contribution >= 4 is 11.6 Å². The summed E-state index contributed by atoms with van der Waals surface area (Å²) < 4.78 is 10.7. The molecule has 6 heteroatoms. The van der Waals surface area contributed by atoms with Crippen LogP contribution in [0, 0.1) is 0 Å². The quantitative estimate of drug-likeness (QED) is 0.404. The normalized spacial score (nSPS) is 11.0. The van der Waals surface area contributed by atoms with Gasteiger partial charge in [0.05, 0.1) is 14.2 Å². The van der Waals surface area contributed by atoms with E-state index in [1.807, 2.05) is 24.3 Å². The van der Waals surface area contributed by atoms with E-state index in [2.05, 4.69) is 51.8 Å². The van der Waals surface area contributed by atoms with Crippen LogP contribution in [0.25, 0.3) is 0 Å². The average molecular weight is 370 g/mol. The maximum Gasteiger partial charge on any atom is 0.191 e. The van der Waals surface area contributed by atoms with Crippen molar-refractivity contribution in [1.29, 1.82) is 0 Å². The Morgan fingerprint density at radius 1 is 1.04 bits per heavy atom. The van der Waals surface area contributed by atoms with Crippen molar-refractivity contribution in [1.82, 2.24) is 10.6 Å². The molecule has 6 nitrogen and oxygen atoms in total. The van der Waals surface area contributed by atoms with Crippen molar-refractivity contribution in [2.45, 2.75) is 13.0 Å². The molecule has 0 aliphatic carbocycles. The van der Waals surface area contributed by atoms with Gasteiger partial charge >= 0.3 is 0 Å². The average Bonchev–Trinajstić information content (AvgIpc) is 2.73. The largest absolute Gasteiger partial charge is 0.497 e. The monoisotopic (exact) mass is 370 g/mol. The van der Waals surface area contributed by atoms with E-state index in [1.54, 1.807) is 21.3 Å². The Bertz CT molecular complexity index is 719. The minimum atomic E-state index is 0.622. The molecule has 0 aliphatic heterocycles. The van der Waals surface area contributed by atoms with Crippen LogP contribution in [0.3, 0.4) is 0 Å². The van der Waals surface area contributed by atoms with Crippen LogP contribution in [0.15, 0.2) is 53.5 Å². The molecule has 0 heterocycles. The van der Waals surface area contributed by atoms with Gasteiger partial charge in [-0.1, -0.05) is 18.2 Å². The number of nitrogens with one attached hydrogen (secondary N) is 2. The molecule has 0 saturated heterocycles. The molecule has 0 amide bonds. The second kappa shape index (κ2) is 11.0. The number of hydrogen-bond acceptors (Lipinski definition) is 4. The number of guanidine groups is 1. The third-order valence-electron chi connectivity index (χ3n) is 4.32. The Hall–Kier alpha value is -2.89. The number of nitrogens with zero attached hydrogens (tertiary/aromatic N) is 2. The zero-order chi connectivity index (χ0) is 19.5. The second-order valence-corrected chi connectivity index (χ2v) is 6.14. The molecule has 0 radical (unpaired) electrons. The molecular formula is C21H30N4O2. The molecule has 2 aromatic rings. The molecule has 2 N–H and O–H groups in total. The van der Waals surface area contributed by atoms with Gasteiger partial charge in [-0.3, -0.25) is 4.99 Å². The van der Waals surface area contributed by atoms with Gasteiger partial charge in [-0.15, -0.1) is 0 Å². The fourth-order valence-electron chi connectivity index (χ4n) is 2.73. The fourth-order valence-corrected chi connectivity index (χ4v) is 2.73. The van der Waals surface area contributed by atoms with Gasteiger partial charge in [0.1, 0.15) is 11.5 Å². The molecule has 146 valence electrons. The first-order valence-electron chi connectivity index (χ1n) is 9.09. The first-order valence-corrected chi connectivity index (χ1v) is 9.09. The highest BCUT2D eigenvalue weighted by molar-refractivity contribution is 5.79. The highest BCUT2D eigenvalue weighted by Crippen LogP contribution is 2.24. The van der Waals surface area contributed by atoms with Gasteiger partial charge in [-0.2, -0.15) is 0 Å². The molecule has 0 atom stereocenters. The minimum Gasteiger partial charge on any atom is -0.497 e. The molecule has 0 unspecified atom stereocenters. The number of para-hydroxylation sites is 1. The standard InChI is InChI=1S/C21H30N4O2/c1-22-21(23-13-8-14-25(2)18-9-6-5-7-10-18)24-16-17-11-12-19(26-3)15-20(17)27-4/h5-7,9-12,15H,8,13-14,16H2,1-4H3,(H2,22,23,24). The van der Waals surface area contributed by atoms with Crippen molar-refractivity contribution in [3.63, 3.8) is 0 Å². The predicted octanol–water partition coefficient (Wildman–Crippen LogP) is 2.90. The van der Waals surface area contributed by atoms with Crippen molar-refractivity contribution in [2.75, 3.05) is 46.3 Å². The molecule has 0 saturated carbocycles. The van der Waals surface area contributed by atoms with E-state index < -0.39 is 0 Å². The fraction of sp³-hybridized carbons (Fsp3) is 0.381. The summed E-state index contributed by atoms with van der Waals surface area (Å²) in [6, 6.07) is 16.2. The first-order chi connectivity index (χ1) is 13.2. The molecule has 0 aliphatic rings. The van der Waals surface area contributed by atoms with Crippen LogP contribution in [0.2, 0.25) is 0 Å². The third-order valence-corrected chi connectivity index (χ3v) is 4.32. The Morgan fingerprint density at radius 3 is 2.48 bits per heavy atom. The number of hydrogen-bond donors (Lipinski definition) is 2. The summed E-state index contributed by atoms with van der Waals surface area (Å²) in [5.41, 5.74) is 2.27. The third kappa shape index (κ3) is 6.40. The van der Waals surface area contributed by atoms with E-state index >= 15 is 0 Å². The molecule has 0 spiro atoms. The van der Waals surface area contributed by atoms with Gasteiger partial charge in [-0.25, -0.2) is 0 Å². The van der Waals surface area contributed by atoms with Gasteiger partial charge < -0.3 is 25.0 Å². The van der Waals surface area contributed by atoms with Gasteiger partial charge in [-0.05, 0) is 30.7 Å². The molecule has 27 heavy (non-hydrogen) atoms. The Morgan fingerprint density at radius 2 is 1.81 bits per heavy atom. The molecule has 0 bridgehead atoms. The van der Waals surface area contributed by atoms with E-state index in [-0.39, 0.29) is 0 Å². The SMILES string of the molecule is CN=C(NCCCN(C)c1ccccc1)NCc1ccc(OC)cc1OC. The van der Waals surface area contributed by atoms with Gasteiger partial charge in [0.15, 0.2) is 5.96 Å². The van der Waals surface area contributed by atoms with Crippen LogP contribution < -0.4 is 25.0 Å². The number of ether oxygens (including phenoxy) is 2. The van der Waals surface area contributed by atoms with Crippen LogP contribution >= 0.6 is 0 Å². The van der Waals surface area contributed by atoms with Crippen LogP contribution in [-0.4, -0.2) is 47.4 Å². The highest BCUT2D eigenvalue weighted by Gasteiger charge is 2.06. The van der Waals surface area contributed by atoms with Crippen molar-refractivity contribution < 1.29 is 9.47 Å². The molecular weight excluding hydrogens is 340 g/mol. The highest BCUT2D eigenvalue weighted by atomic mass is 16.5. The van der Waals surface area contributed by atoms with Gasteiger partial charge in [0, 0.05) is 51.0 Å². The zero-order valence-electron chi connectivity index (χ0n) is 16.7. The van der Waals surface area contributed by atoms with Crippen molar-refractivity contribution in [3.8, 4) is 11.5 Å². The molecule has 0 fully saturated rings. The van der Waals surface area contributed by atoms with Crippen LogP contribution in [0.1, 0.15) is 12.0 Å². The van der Waals surface area contributed by atoms with E-state index in [0.29, 0.717) is 6.54 Å². The summed E-state index contributed by atoms with van der Waals surface area (Å²) in [6.07, 6.45) is 1.01. The van der Waals surface area contributed by atoms with Crippen molar-refractivity contribution in [3.05, 3.63) is 54.1 Å². The van der Waals surface area contributed by atoms with Crippen LogP contribution in [-0.2, 0) is 6.54 Å². The molecule has 2 aromatic carbocycles. The lowest BCUT2D eigenvalue weighted by atomic mass is 10.2. The van der Waals surface area contributed by atoms with Crippen molar-refractivity contribution in [2.24, 2.45) is 4.99 Å². The summed E-state index contributed by atoms with van der Waals surface area (Å²) in [4.78, 5) is 6.53. The number of anilines is 1. The van der Waals surface area contributed by atoms with E-state index in [1.165, 1.54) is 5.69 Å². The maximum atomic E-state index is 5.43. The maximum absolute atomic E-state index is 5.43. The summed E-state index contributed by atoms with van der Waals surface area (Å²) in [5.74, 6) is 2.35. The van der Waals surface area contributed by atoms with Gasteiger partial charge in [0.25, 0.3) is 0 Å². The van der Waals surface area contributed by atoms with E-state index in [9.17, 15) is 0 Å². The number of aliphatic imine (C=N–C) groups is 1. The van der Waals surface area contributed by atoms with E-state index in [4.69, 9.17) is 9.47 Å². The summed E-state index contributed by atoms with van der Waals surface area (Å²) in [6.45, 7) is 2.44. The first kappa shape index (κ1) is 20.4. The smallest absolute Gasteiger partial charge is 0.191 e. The molecule has 2 rings (SSSR count).